The fourth-order valence-electron chi connectivity index (χ4n) is 2.30. The van der Waals surface area contributed by atoms with Gasteiger partial charge in [-0.3, -0.25) is 0 Å². The third-order valence-corrected chi connectivity index (χ3v) is 5.07. The van der Waals surface area contributed by atoms with Gasteiger partial charge in [-0.2, -0.15) is 5.26 Å². The topological polar surface area (TPSA) is 76.4 Å². The highest BCUT2D eigenvalue weighted by atomic mass is 32.2. The molecule has 2 aromatic carbocycles. The van der Waals surface area contributed by atoms with Crippen molar-refractivity contribution >= 4 is 9.84 Å². The van der Waals surface area contributed by atoms with Crippen molar-refractivity contribution in [1.82, 2.24) is 0 Å². The number of hydrogen-bond acceptors (Lipinski definition) is 5. The highest BCUT2D eigenvalue weighted by molar-refractivity contribution is 7.90. The molecule has 0 aliphatic carbocycles. The summed E-state index contributed by atoms with van der Waals surface area (Å²) in [7, 11) is -3.75. The SMILES string of the molecule is N#Cc1ccc(F)cc1CS(=O)(=O)c1ccc2c(c1)OCCO2. The highest BCUT2D eigenvalue weighted by Gasteiger charge is 2.21. The maximum atomic E-state index is 13.3. The standard InChI is InChI=1S/C16H12FNO4S/c17-13-2-1-11(9-18)12(7-13)10-23(19,20)14-3-4-15-16(8-14)22-6-5-21-15/h1-4,7-8H,5-6,10H2. The Morgan fingerprint density at radius 1 is 1.09 bits per heavy atom. The number of rotatable bonds is 3. The number of nitrogens with zero attached hydrogens (tertiary/aromatic N) is 1. The zero-order chi connectivity index (χ0) is 16.4. The van der Waals surface area contributed by atoms with Gasteiger partial charge in [0.15, 0.2) is 21.3 Å². The van der Waals surface area contributed by atoms with Crippen molar-refractivity contribution in [2.45, 2.75) is 10.6 Å². The van der Waals surface area contributed by atoms with Crippen LogP contribution in [0, 0.1) is 17.1 Å². The van der Waals surface area contributed by atoms with E-state index in [1.165, 1.54) is 24.3 Å². The van der Waals surface area contributed by atoms with Gasteiger partial charge in [0.05, 0.1) is 22.3 Å². The zero-order valence-corrected chi connectivity index (χ0v) is 12.8. The lowest BCUT2D eigenvalue weighted by Gasteiger charge is -2.18. The van der Waals surface area contributed by atoms with Crippen molar-refractivity contribution in [2.24, 2.45) is 0 Å². The summed E-state index contributed by atoms with van der Waals surface area (Å²) in [6.07, 6.45) is 0. The van der Waals surface area contributed by atoms with Crippen LogP contribution in [0.15, 0.2) is 41.3 Å². The molecule has 0 fully saturated rings. The fourth-order valence-corrected chi connectivity index (χ4v) is 3.67. The van der Waals surface area contributed by atoms with E-state index in [0.717, 1.165) is 12.1 Å². The second-order valence-corrected chi connectivity index (χ2v) is 6.97. The average molecular weight is 333 g/mol. The van der Waals surface area contributed by atoms with Crippen LogP contribution in [0.25, 0.3) is 0 Å². The van der Waals surface area contributed by atoms with Gasteiger partial charge in [0.2, 0.25) is 0 Å². The van der Waals surface area contributed by atoms with Gasteiger partial charge < -0.3 is 9.47 Å². The van der Waals surface area contributed by atoms with Gasteiger partial charge >= 0.3 is 0 Å². The first-order chi connectivity index (χ1) is 11.0. The molecule has 1 aliphatic rings. The predicted octanol–water partition coefficient (Wildman–Crippen LogP) is 2.44. The molecule has 2 aromatic rings. The molecule has 3 rings (SSSR count). The highest BCUT2D eigenvalue weighted by Crippen LogP contribution is 2.33. The van der Waals surface area contributed by atoms with Crippen LogP contribution in [-0.2, 0) is 15.6 Å². The summed E-state index contributed by atoms with van der Waals surface area (Å²) in [4.78, 5) is 0.0369. The van der Waals surface area contributed by atoms with Gasteiger partial charge in [-0.05, 0) is 35.9 Å². The molecule has 0 aromatic heterocycles. The number of nitriles is 1. The normalized spacial score (nSPS) is 13.4. The maximum Gasteiger partial charge on any atom is 0.182 e. The number of sulfone groups is 1. The van der Waals surface area contributed by atoms with E-state index in [1.807, 2.05) is 6.07 Å². The van der Waals surface area contributed by atoms with Crippen molar-refractivity contribution in [1.29, 1.82) is 5.26 Å². The predicted molar refractivity (Wildman–Crippen MR) is 79.4 cm³/mol. The maximum absolute atomic E-state index is 13.3. The Labute approximate surface area is 132 Å². The second kappa shape index (κ2) is 5.89. The summed E-state index contributed by atoms with van der Waals surface area (Å²) in [5.41, 5.74) is 0.259. The Kier molecular flexibility index (Phi) is 3.92. The van der Waals surface area contributed by atoms with E-state index in [9.17, 15) is 12.8 Å². The second-order valence-electron chi connectivity index (χ2n) is 4.98. The molecule has 23 heavy (non-hydrogen) atoms. The number of fused-ring (bicyclic) bond motifs is 1. The van der Waals surface area contributed by atoms with Crippen molar-refractivity contribution < 1.29 is 22.3 Å². The average Bonchev–Trinajstić information content (AvgIpc) is 2.54. The van der Waals surface area contributed by atoms with Crippen molar-refractivity contribution in [3.05, 3.63) is 53.3 Å². The number of benzene rings is 2. The summed E-state index contributed by atoms with van der Waals surface area (Å²) >= 11 is 0. The summed E-state index contributed by atoms with van der Waals surface area (Å²) in [6, 6.07) is 9.65. The third-order valence-electron chi connectivity index (χ3n) is 3.41. The minimum atomic E-state index is -3.75. The first-order valence-corrected chi connectivity index (χ1v) is 8.46. The Bertz CT molecular complexity index is 903. The Morgan fingerprint density at radius 3 is 2.57 bits per heavy atom. The molecule has 0 atom stereocenters. The van der Waals surface area contributed by atoms with Crippen LogP contribution < -0.4 is 9.47 Å². The number of ether oxygens (including phenoxy) is 2. The smallest absolute Gasteiger partial charge is 0.182 e. The summed E-state index contributed by atoms with van der Waals surface area (Å²) in [5.74, 6) is -0.208. The van der Waals surface area contributed by atoms with Gasteiger partial charge in [0, 0.05) is 6.07 Å². The molecular weight excluding hydrogens is 321 g/mol. The minimum absolute atomic E-state index is 0.0369. The lowest BCUT2D eigenvalue weighted by atomic mass is 10.1. The van der Waals surface area contributed by atoms with E-state index < -0.39 is 21.4 Å². The minimum Gasteiger partial charge on any atom is -0.486 e. The van der Waals surface area contributed by atoms with Crippen LogP contribution in [0.4, 0.5) is 4.39 Å². The quantitative estimate of drug-likeness (QED) is 0.862. The molecule has 118 valence electrons. The molecule has 0 saturated carbocycles. The van der Waals surface area contributed by atoms with E-state index in [1.54, 1.807) is 0 Å². The molecule has 0 spiro atoms. The Morgan fingerprint density at radius 2 is 1.83 bits per heavy atom. The first kappa shape index (κ1) is 15.3. The van der Waals surface area contributed by atoms with Crippen molar-refractivity contribution in [2.75, 3.05) is 13.2 Å². The summed E-state index contributed by atoms with van der Waals surface area (Å²) < 4.78 is 49.1. The largest absolute Gasteiger partial charge is 0.486 e. The van der Waals surface area contributed by atoms with Crippen LogP contribution in [0.3, 0.4) is 0 Å². The number of hydrogen-bond donors (Lipinski definition) is 0. The molecule has 0 N–H and O–H groups in total. The molecular formula is C16H12FNO4S. The molecule has 0 saturated heterocycles. The third kappa shape index (κ3) is 3.12. The monoisotopic (exact) mass is 333 g/mol. The molecule has 0 amide bonds. The first-order valence-electron chi connectivity index (χ1n) is 6.80. The van der Waals surface area contributed by atoms with E-state index in [-0.39, 0.29) is 16.0 Å². The number of halogens is 1. The molecule has 0 bridgehead atoms. The van der Waals surface area contributed by atoms with E-state index in [0.29, 0.717) is 24.7 Å². The van der Waals surface area contributed by atoms with Crippen LogP contribution in [-0.4, -0.2) is 21.6 Å². The van der Waals surface area contributed by atoms with Crippen LogP contribution >= 0.6 is 0 Å². The van der Waals surface area contributed by atoms with Gasteiger partial charge in [-0.25, -0.2) is 12.8 Å². The molecule has 1 heterocycles. The van der Waals surface area contributed by atoms with Crippen LogP contribution in [0.5, 0.6) is 11.5 Å². The van der Waals surface area contributed by atoms with E-state index >= 15 is 0 Å². The van der Waals surface area contributed by atoms with Crippen LogP contribution in [0.1, 0.15) is 11.1 Å². The van der Waals surface area contributed by atoms with Gasteiger partial charge in [0.25, 0.3) is 0 Å². The van der Waals surface area contributed by atoms with E-state index in [4.69, 9.17) is 14.7 Å². The zero-order valence-electron chi connectivity index (χ0n) is 12.0. The Balaban J connectivity index is 1.97. The Hall–Kier alpha value is -2.59. The lowest BCUT2D eigenvalue weighted by Crippen LogP contribution is -2.16. The van der Waals surface area contributed by atoms with E-state index in [2.05, 4.69) is 0 Å². The van der Waals surface area contributed by atoms with Gasteiger partial charge in [0.1, 0.15) is 19.0 Å². The molecule has 1 aliphatic heterocycles. The van der Waals surface area contributed by atoms with Crippen LogP contribution in [0.2, 0.25) is 0 Å². The lowest BCUT2D eigenvalue weighted by molar-refractivity contribution is 0.171. The summed E-state index contributed by atoms with van der Waals surface area (Å²) in [5, 5.41) is 9.03. The van der Waals surface area contributed by atoms with Crippen molar-refractivity contribution in [3.8, 4) is 17.6 Å². The summed E-state index contributed by atoms with van der Waals surface area (Å²) in [6.45, 7) is 0.757. The van der Waals surface area contributed by atoms with Crippen molar-refractivity contribution in [3.63, 3.8) is 0 Å². The van der Waals surface area contributed by atoms with Gasteiger partial charge in [-0.1, -0.05) is 0 Å². The molecule has 0 radical (unpaired) electrons. The fraction of sp³-hybridized carbons (Fsp3) is 0.188. The molecule has 5 nitrogen and oxygen atoms in total. The molecule has 0 unspecified atom stereocenters. The van der Waals surface area contributed by atoms with Gasteiger partial charge in [-0.15, -0.1) is 0 Å². The molecule has 7 heteroatoms.